The maximum absolute atomic E-state index is 12.7. The molecule has 2 aromatic carbocycles. The third-order valence-electron chi connectivity index (χ3n) is 6.27. The smallest absolute Gasteiger partial charge is 0.243 e. The lowest BCUT2D eigenvalue weighted by atomic mass is 10.1. The minimum absolute atomic E-state index is 0.0538. The van der Waals surface area contributed by atoms with Gasteiger partial charge in [0.15, 0.2) is 0 Å². The van der Waals surface area contributed by atoms with E-state index < -0.39 is 0 Å². The number of benzene rings is 2. The zero-order valence-electron chi connectivity index (χ0n) is 26.8. The summed E-state index contributed by atoms with van der Waals surface area (Å²) >= 11 is 0. The van der Waals surface area contributed by atoms with Crippen LogP contribution in [0.1, 0.15) is 70.9 Å². The summed E-state index contributed by atoms with van der Waals surface area (Å²) in [5.74, 6) is 1.03. The van der Waals surface area contributed by atoms with E-state index in [-0.39, 0.29) is 24.8 Å². The van der Waals surface area contributed by atoms with Crippen LogP contribution in [0.25, 0.3) is 0 Å². The van der Waals surface area contributed by atoms with Gasteiger partial charge in [-0.25, -0.2) is 5.01 Å². The van der Waals surface area contributed by atoms with Crippen LogP contribution in [-0.2, 0) is 22.6 Å². The molecule has 230 valence electrons. The van der Waals surface area contributed by atoms with Gasteiger partial charge in [0, 0.05) is 32.9 Å². The molecule has 0 spiro atoms. The first-order chi connectivity index (χ1) is 19.8. The van der Waals surface area contributed by atoms with Crippen molar-refractivity contribution in [2.75, 3.05) is 47.4 Å². The molecule has 0 radical (unpaired) electrons. The normalized spacial score (nSPS) is 10.0. The van der Waals surface area contributed by atoms with Crippen molar-refractivity contribution >= 4 is 11.7 Å². The number of hydrogen-bond acceptors (Lipinski definition) is 6. The van der Waals surface area contributed by atoms with E-state index in [2.05, 4.69) is 69.1 Å². The first-order valence-corrected chi connectivity index (χ1v) is 14.9. The van der Waals surface area contributed by atoms with Crippen molar-refractivity contribution in [3.63, 3.8) is 0 Å². The molecular formula is C34H56N4O3. The lowest BCUT2D eigenvalue weighted by molar-refractivity contribution is -0.136. The van der Waals surface area contributed by atoms with Crippen molar-refractivity contribution in [1.29, 1.82) is 0 Å². The van der Waals surface area contributed by atoms with Crippen LogP contribution in [0.15, 0.2) is 67.4 Å². The van der Waals surface area contributed by atoms with Gasteiger partial charge in [-0.2, -0.15) is 0 Å². The van der Waals surface area contributed by atoms with Crippen molar-refractivity contribution in [3.8, 4) is 5.75 Å². The Morgan fingerprint density at radius 1 is 0.878 bits per heavy atom. The Morgan fingerprint density at radius 3 is 2.00 bits per heavy atom. The molecule has 0 aliphatic rings. The molecule has 0 unspecified atom stereocenters. The predicted molar refractivity (Wildman–Crippen MR) is 173 cm³/mol. The number of Topliss-reactive ketones (excluding diaryl/α,β-unsaturated/α-hetero) is 1. The van der Waals surface area contributed by atoms with Gasteiger partial charge in [-0.3, -0.25) is 9.59 Å². The Bertz CT molecular complexity index is 933. The highest BCUT2D eigenvalue weighted by Crippen LogP contribution is 2.10. The number of likely N-dealkylation sites (N-methyl/N-ethyl adjacent to an activating group) is 1. The Labute approximate surface area is 250 Å². The van der Waals surface area contributed by atoms with E-state index in [1.165, 1.54) is 30.9 Å². The molecule has 0 aliphatic heterocycles. The fourth-order valence-electron chi connectivity index (χ4n) is 3.83. The van der Waals surface area contributed by atoms with E-state index >= 15 is 0 Å². The van der Waals surface area contributed by atoms with Crippen LogP contribution in [-0.4, -0.2) is 74.0 Å². The largest absolute Gasteiger partial charge is 0.497 e. The number of unbranched alkanes of at least 4 members (excludes halogenated alkanes) is 2. The molecule has 0 fully saturated rings. The fraction of sp³-hybridized carbons (Fsp3) is 0.529. The van der Waals surface area contributed by atoms with Crippen LogP contribution in [0.4, 0.5) is 0 Å². The number of nitrogens with one attached hydrogen (secondary N) is 1. The van der Waals surface area contributed by atoms with Gasteiger partial charge in [0.2, 0.25) is 5.91 Å². The van der Waals surface area contributed by atoms with E-state index in [1.54, 1.807) is 30.4 Å². The summed E-state index contributed by atoms with van der Waals surface area (Å²) < 4.78 is 5.03. The van der Waals surface area contributed by atoms with Gasteiger partial charge in [0.25, 0.3) is 0 Å². The average Bonchev–Trinajstić information content (AvgIpc) is 2.98. The third kappa shape index (κ3) is 18.7. The van der Waals surface area contributed by atoms with Gasteiger partial charge in [-0.05, 0) is 62.9 Å². The van der Waals surface area contributed by atoms with Crippen LogP contribution in [0, 0.1) is 0 Å². The van der Waals surface area contributed by atoms with E-state index in [1.807, 2.05) is 30.1 Å². The third-order valence-corrected chi connectivity index (χ3v) is 6.27. The first kappa shape index (κ1) is 37.8. The maximum atomic E-state index is 12.7. The van der Waals surface area contributed by atoms with Gasteiger partial charge in [-0.15, -0.1) is 0 Å². The van der Waals surface area contributed by atoms with E-state index in [4.69, 9.17) is 4.74 Å². The number of methoxy groups -OCH3 is 1. The summed E-state index contributed by atoms with van der Waals surface area (Å²) in [5.41, 5.74) is 2.61. The molecule has 2 aromatic rings. The molecule has 41 heavy (non-hydrogen) atoms. The van der Waals surface area contributed by atoms with Crippen LogP contribution >= 0.6 is 0 Å². The number of ketones is 1. The summed E-state index contributed by atoms with van der Waals surface area (Å²) in [4.78, 5) is 25.9. The van der Waals surface area contributed by atoms with Gasteiger partial charge >= 0.3 is 0 Å². The molecule has 0 saturated heterocycles. The van der Waals surface area contributed by atoms with Crippen molar-refractivity contribution in [1.82, 2.24) is 20.2 Å². The van der Waals surface area contributed by atoms with Crippen molar-refractivity contribution in [2.45, 2.75) is 72.8 Å². The molecule has 0 aliphatic carbocycles. The predicted octanol–water partition coefficient (Wildman–Crippen LogP) is 6.35. The molecule has 7 heteroatoms. The number of amides is 1. The van der Waals surface area contributed by atoms with Crippen LogP contribution in [0.2, 0.25) is 0 Å². The molecule has 0 saturated carbocycles. The summed E-state index contributed by atoms with van der Waals surface area (Å²) in [5, 5.41) is 6.51. The van der Waals surface area contributed by atoms with Crippen LogP contribution in [0.3, 0.4) is 0 Å². The second-order valence-electron chi connectivity index (χ2n) is 10.00. The first-order valence-electron chi connectivity index (χ1n) is 14.9. The lowest BCUT2D eigenvalue weighted by Crippen LogP contribution is -2.46. The highest BCUT2D eigenvalue weighted by atomic mass is 16.5. The molecule has 7 nitrogen and oxygen atoms in total. The topological polar surface area (TPSA) is 65.1 Å². The van der Waals surface area contributed by atoms with E-state index in [0.29, 0.717) is 0 Å². The highest BCUT2D eigenvalue weighted by molar-refractivity contribution is 5.79. The Kier molecular flexibility index (Phi) is 22.7. The number of carbonyl (C=O) groups is 2. The molecule has 2 rings (SSSR count). The Hall–Kier alpha value is -3.16. The van der Waals surface area contributed by atoms with E-state index in [0.717, 1.165) is 51.1 Å². The van der Waals surface area contributed by atoms with Gasteiger partial charge in [-0.1, -0.05) is 82.7 Å². The zero-order chi connectivity index (χ0) is 30.9. The summed E-state index contributed by atoms with van der Waals surface area (Å²) in [7, 11) is 5.40. The van der Waals surface area contributed by atoms with Crippen molar-refractivity contribution < 1.29 is 14.3 Å². The number of hydrogen-bond donors (Lipinski definition) is 1. The number of rotatable bonds is 17. The van der Waals surface area contributed by atoms with Crippen LogP contribution in [0.5, 0.6) is 5.75 Å². The molecular weight excluding hydrogens is 512 g/mol. The second kappa shape index (κ2) is 24.6. The number of nitrogens with zero attached hydrogens (tertiary/aromatic N) is 3. The number of aryl methyl sites for hydroxylation is 1. The summed E-state index contributed by atoms with van der Waals surface area (Å²) in [6.45, 7) is 14.6. The number of carbonyl (C=O) groups excluding carboxylic acids is 2. The monoisotopic (exact) mass is 568 g/mol. The quantitative estimate of drug-likeness (QED) is 0.177. The SMILES string of the molecule is C=CN(CC(=O)N(CCC)CCCCc1ccccc1)N(C)CC(C)=O.CCCC.CNCc1ccc(OC)cc1. The van der Waals surface area contributed by atoms with Crippen molar-refractivity contribution in [2.24, 2.45) is 0 Å². The highest BCUT2D eigenvalue weighted by Gasteiger charge is 2.18. The zero-order valence-corrected chi connectivity index (χ0v) is 26.8. The molecule has 1 amide bonds. The lowest BCUT2D eigenvalue weighted by Gasteiger charge is -2.32. The molecule has 0 aromatic heterocycles. The Morgan fingerprint density at radius 2 is 1.51 bits per heavy atom. The van der Waals surface area contributed by atoms with Gasteiger partial charge < -0.3 is 20.0 Å². The van der Waals surface area contributed by atoms with Gasteiger partial charge in [0.1, 0.15) is 18.1 Å². The molecule has 0 bridgehead atoms. The second-order valence-corrected chi connectivity index (χ2v) is 10.00. The number of ether oxygens (including phenoxy) is 1. The number of hydrazine groups is 1. The van der Waals surface area contributed by atoms with Crippen LogP contribution < -0.4 is 10.1 Å². The summed E-state index contributed by atoms with van der Waals surface area (Å²) in [6.07, 6.45) is 8.25. The fourth-order valence-corrected chi connectivity index (χ4v) is 3.83. The van der Waals surface area contributed by atoms with Crippen molar-refractivity contribution in [3.05, 3.63) is 78.5 Å². The van der Waals surface area contributed by atoms with Gasteiger partial charge in [0.05, 0.1) is 13.7 Å². The molecule has 0 atom stereocenters. The minimum atomic E-state index is 0.0538. The van der Waals surface area contributed by atoms with E-state index in [9.17, 15) is 9.59 Å². The minimum Gasteiger partial charge on any atom is -0.497 e. The molecule has 1 N–H and O–H groups in total. The standard InChI is InChI=1S/C21H33N3O2.C9H13NO.C4H10/c1-5-15-23(16-11-10-14-20-12-8-7-9-13-20)21(26)18-24(6-2)22(4)17-19(3)25;1-10-7-8-3-5-9(11-2)6-4-8;1-3-4-2/h6-9,12-13H,2,5,10-11,14-18H2,1,3-4H3;3-6,10H,7H2,1-2H3;3-4H2,1-2H3. The Balaban J connectivity index is 0.000000872. The average molecular weight is 569 g/mol. The maximum Gasteiger partial charge on any atom is 0.243 e. The molecule has 0 heterocycles. The summed E-state index contributed by atoms with van der Waals surface area (Å²) in [6, 6.07) is 18.5.